The number of hydrogen-bond donors (Lipinski definition) is 1. The Labute approximate surface area is 177 Å². The number of para-hydroxylation sites is 1. The van der Waals surface area contributed by atoms with E-state index in [-0.39, 0.29) is 5.91 Å². The standard InChI is InChI=1S/C25H27N3O2/c1-30-24-9-5-6-20(18-24)19-26-22-12-10-21(11-13-22)25(29)28-16-14-27(15-17-28)23-7-3-2-4-8-23/h2-13,18,26H,14-17,19H2,1H3. The van der Waals surface area contributed by atoms with Crippen LogP contribution in [-0.2, 0) is 6.54 Å². The minimum Gasteiger partial charge on any atom is -0.497 e. The Kier molecular flexibility index (Phi) is 6.18. The number of nitrogens with zero attached hydrogens (tertiary/aromatic N) is 2. The number of nitrogens with one attached hydrogen (secondary N) is 1. The van der Waals surface area contributed by atoms with Gasteiger partial charge in [-0.15, -0.1) is 0 Å². The van der Waals surface area contributed by atoms with Crippen LogP contribution in [0.5, 0.6) is 5.75 Å². The van der Waals surface area contributed by atoms with E-state index in [0.717, 1.165) is 48.7 Å². The second kappa shape index (κ2) is 9.35. The van der Waals surface area contributed by atoms with Gasteiger partial charge in [-0.1, -0.05) is 30.3 Å². The van der Waals surface area contributed by atoms with Crippen LogP contribution in [0.25, 0.3) is 0 Å². The van der Waals surface area contributed by atoms with Crippen LogP contribution in [0.4, 0.5) is 11.4 Å². The molecule has 0 atom stereocenters. The maximum Gasteiger partial charge on any atom is 0.253 e. The van der Waals surface area contributed by atoms with Gasteiger partial charge in [0.25, 0.3) is 5.91 Å². The average molecular weight is 402 g/mol. The molecule has 0 spiro atoms. The van der Waals surface area contributed by atoms with Crippen LogP contribution < -0.4 is 15.0 Å². The first-order valence-corrected chi connectivity index (χ1v) is 10.3. The molecule has 5 heteroatoms. The van der Waals surface area contributed by atoms with Gasteiger partial charge in [-0.25, -0.2) is 0 Å². The van der Waals surface area contributed by atoms with E-state index in [0.29, 0.717) is 6.54 Å². The Bertz CT molecular complexity index is 965. The molecule has 1 amide bonds. The lowest BCUT2D eigenvalue weighted by Crippen LogP contribution is -2.48. The molecule has 1 fully saturated rings. The van der Waals surface area contributed by atoms with Gasteiger partial charge in [-0.3, -0.25) is 4.79 Å². The maximum atomic E-state index is 12.9. The first-order valence-electron chi connectivity index (χ1n) is 10.3. The zero-order valence-electron chi connectivity index (χ0n) is 17.3. The van der Waals surface area contributed by atoms with E-state index in [9.17, 15) is 4.79 Å². The molecule has 0 bridgehead atoms. The minimum atomic E-state index is 0.0991. The first-order chi connectivity index (χ1) is 14.7. The molecule has 0 aliphatic carbocycles. The molecule has 1 saturated heterocycles. The third-order valence-electron chi connectivity index (χ3n) is 5.45. The monoisotopic (exact) mass is 401 g/mol. The Morgan fingerprint density at radius 3 is 2.33 bits per heavy atom. The number of ether oxygens (including phenoxy) is 1. The fourth-order valence-corrected chi connectivity index (χ4v) is 3.71. The van der Waals surface area contributed by atoms with Crippen LogP contribution >= 0.6 is 0 Å². The fourth-order valence-electron chi connectivity index (χ4n) is 3.71. The molecule has 0 radical (unpaired) electrons. The number of anilines is 2. The van der Waals surface area contributed by atoms with Crippen molar-refractivity contribution in [2.24, 2.45) is 0 Å². The lowest BCUT2D eigenvalue weighted by atomic mass is 10.1. The molecule has 3 aromatic rings. The number of rotatable bonds is 6. The molecule has 1 aliphatic rings. The smallest absolute Gasteiger partial charge is 0.253 e. The summed E-state index contributed by atoms with van der Waals surface area (Å²) in [7, 11) is 1.67. The summed E-state index contributed by atoms with van der Waals surface area (Å²) in [5.41, 5.74) is 4.08. The number of methoxy groups -OCH3 is 1. The highest BCUT2D eigenvalue weighted by molar-refractivity contribution is 5.94. The van der Waals surface area contributed by atoms with Crippen LogP contribution in [0.15, 0.2) is 78.9 Å². The normalized spacial score (nSPS) is 13.8. The predicted octanol–water partition coefficient (Wildman–Crippen LogP) is 4.27. The summed E-state index contributed by atoms with van der Waals surface area (Å²) in [4.78, 5) is 17.1. The van der Waals surface area contributed by atoms with Crippen molar-refractivity contribution in [1.82, 2.24) is 4.90 Å². The van der Waals surface area contributed by atoms with E-state index in [1.165, 1.54) is 5.69 Å². The lowest BCUT2D eigenvalue weighted by Gasteiger charge is -2.36. The van der Waals surface area contributed by atoms with Crippen molar-refractivity contribution in [3.8, 4) is 5.75 Å². The fraction of sp³-hybridized carbons (Fsp3) is 0.240. The summed E-state index contributed by atoms with van der Waals surface area (Å²) in [6.45, 7) is 3.89. The van der Waals surface area contributed by atoms with Gasteiger partial charge in [0.15, 0.2) is 0 Å². The van der Waals surface area contributed by atoms with E-state index < -0.39 is 0 Å². The van der Waals surface area contributed by atoms with E-state index in [4.69, 9.17) is 4.74 Å². The van der Waals surface area contributed by atoms with Crippen molar-refractivity contribution in [1.29, 1.82) is 0 Å². The van der Waals surface area contributed by atoms with Gasteiger partial charge in [0.1, 0.15) is 5.75 Å². The van der Waals surface area contributed by atoms with Gasteiger partial charge < -0.3 is 19.9 Å². The summed E-state index contributed by atoms with van der Waals surface area (Å²) < 4.78 is 5.27. The number of piperazine rings is 1. The topological polar surface area (TPSA) is 44.8 Å². The lowest BCUT2D eigenvalue weighted by molar-refractivity contribution is 0.0747. The summed E-state index contributed by atoms with van der Waals surface area (Å²) in [6, 6.07) is 26.1. The summed E-state index contributed by atoms with van der Waals surface area (Å²) in [5, 5.41) is 3.39. The second-order valence-corrected chi connectivity index (χ2v) is 7.40. The van der Waals surface area contributed by atoms with Gasteiger partial charge in [0.05, 0.1) is 7.11 Å². The Morgan fingerprint density at radius 2 is 1.63 bits per heavy atom. The zero-order chi connectivity index (χ0) is 20.8. The average Bonchev–Trinajstić information content (AvgIpc) is 2.83. The van der Waals surface area contributed by atoms with E-state index in [2.05, 4.69) is 40.5 Å². The molecule has 5 nitrogen and oxygen atoms in total. The highest BCUT2D eigenvalue weighted by Crippen LogP contribution is 2.19. The van der Waals surface area contributed by atoms with Gasteiger partial charge in [-0.2, -0.15) is 0 Å². The maximum absolute atomic E-state index is 12.9. The molecule has 1 heterocycles. The van der Waals surface area contributed by atoms with Crippen molar-refractivity contribution in [3.63, 3.8) is 0 Å². The van der Waals surface area contributed by atoms with Crippen LogP contribution in [-0.4, -0.2) is 44.1 Å². The highest BCUT2D eigenvalue weighted by atomic mass is 16.5. The molecule has 0 saturated carbocycles. The van der Waals surface area contributed by atoms with E-state index >= 15 is 0 Å². The van der Waals surface area contributed by atoms with Crippen molar-refractivity contribution in [3.05, 3.63) is 90.0 Å². The minimum absolute atomic E-state index is 0.0991. The summed E-state index contributed by atoms with van der Waals surface area (Å²) in [6.07, 6.45) is 0. The van der Waals surface area contributed by atoms with Crippen molar-refractivity contribution < 1.29 is 9.53 Å². The number of benzene rings is 3. The van der Waals surface area contributed by atoms with E-state index in [1.54, 1.807) is 7.11 Å². The quantitative estimate of drug-likeness (QED) is 0.670. The summed E-state index contributed by atoms with van der Waals surface area (Å²) in [5.74, 6) is 0.949. The number of hydrogen-bond acceptors (Lipinski definition) is 4. The molecule has 0 unspecified atom stereocenters. The SMILES string of the molecule is COc1cccc(CNc2ccc(C(=O)N3CCN(c4ccccc4)CC3)cc2)c1. The summed E-state index contributed by atoms with van der Waals surface area (Å²) >= 11 is 0. The predicted molar refractivity (Wildman–Crippen MR) is 121 cm³/mol. The molecule has 0 aromatic heterocycles. The Balaban J connectivity index is 1.31. The number of carbonyl (C=O) groups is 1. The van der Waals surface area contributed by atoms with Crippen molar-refractivity contribution >= 4 is 17.3 Å². The largest absolute Gasteiger partial charge is 0.497 e. The molecule has 1 aliphatic heterocycles. The van der Waals surface area contributed by atoms with Gasteiger partial charge >= 0.3 is 0 Å². The zero-order valence-corrected chi connectivity index (χ0v) is 17.3. The molecule has 1 N–H and O–H groups in total. The van der Waals surface area contributed by atoms with E-state index in [1.807, 2.05) is 53.4 Å². The van der Waals surface area contributed by atoms with Crippen molar-refractivity contribution in [2.45, 2.75) is 6.54 Å². The molecule has 30 heavy (non-hydrogen) atoms. The second-order valence-electron chi connectivity index (χ2n) is 7.40. The molecule has 3 aromatic carbocycles. The van der Waals surface area contributed by atoms with Crippen LogP contribution in [0, 0.1) is 0 Å². The molecular weight excluding hydrogens is 374 g/mol. The van der Waals surface area contributed by atoms with Crippen LogP contribution in [0.3, 0.4) is 0 Å². The first kappa shape index (κ1) is 19.8. The Morgan fingerprint density at radius 1 is 0.900 bits per heavy atom. The highest BCUT2D eigenvalue weighted by Gasteiger charge is 2.22. The van der Waals surface area contributed by atoms with Gasteiger partial charge in [-0.05, 0) is 54.1 Å². The Hall–Kier alpha value is -3.47. The van der Waals surface area contributed by atoms with Crippen LogP contribution in [0.2, 0.25) is 0 Å². The third kappa shape index (κ3) is 4.74. The third-order valence-corrected chi connectivity index (χ3v) is 5.45. The number of carbonyl (C=O) groups excluding carboxylic acids is 1. The van der Waals surface area contributed by atoms with Gasteiger partial charge in [0.2, 0.25) is 0 Å². The van der Waals surface area contributed by atoms with Crippen LogP contribution in [0.1, 0.15) is 15.9 Å². The molecular formula is C25H27N3O2. The molecule has 154 valence electrons. The number of amides is 1. The molecule has 4 rings (SSSR count). The van der Waals surface area contributed by atoms with Gasteiger partial charge in [0, 0.05) is 49.7 Å². The van der Waals surface area contributed by atoms with Crippen molar-refractivity contribution in [2.75, 3.05) is 43.5 Å².